The molecule has 0 aliphatic rings. The Balaban J connectivity index is 2.34. The van der Waals surface area contributed by atoms with Crippen LogP contribution in [-0.2, 0) is 0 Å². The molecule has 0 aliphatic heterocycles. The molecule has 0 radical (unpaired) electrons. The molecule has 110 valence electrons. The first-order chi connectivity index (χ1) is 9.31. The van der Waals surface area contributed by atoms with Crippen LogP contribution in [0.5, 0.6) is 5.88 Å². The maximum absolute atomic E-state index is 5.86. The van der Waals surface area contributed by atoms with Gasteiger partial charge in [0.15, 0.2) is 5.52 Å². The van der Waals surface area contributed by atoms with E-state index in [1.807, 2.05) is 13.1 Å². The van der Waals surface area contributed by atoms with Crippen molar-refractivity contribution < 1.29 is 9.57 Å². The van der Waals surface area contributed by atoms with Gasteiger partial charge in [-0.25, -0.2) is 4.98 Å². The summed E-state index contributed by atoms with van der Waals surface area (Å²) in [5, 5.41) is 0. The predicted octanol–water partition coefficient (Wildman–Crippen LogP) is 3.28. The van der Waals surface area contributed by atoms with Gasteiger partial charge in [0, 0.05) is 8.07 Å². The lowest BCUT2D eigenvalue weighted by Gasteiger charge is -2.16. The number of aryl methyl sites for hydroxylation is 1. The monoisotopic (exact) mass is 357 g/mol. The van der Waals surface area contributed by atoms with E-state index in [1.54, 1.807) is 11.8 Å². The average molecular weight is 358 g/mol. The summed E-state index contributed by atoms with van der Waals surface area (Å²) in [6.45, 7) is 9.51. The van der Waals surface area contributed by atoms with Gasteiger partial charge in [-0.2, -0.15) is 9.71 Å². The molecular formula is C13H20BrN3O2Si. The van der Waals surface area contributed by atoms with E-state index < -0.39 is 8.07 Å². The Kier molecular flexibility index (Phi) is 4.39. The van der Waals surface area contributed by atoms with Gasteiger partial charge in [-0.05, 0) is 28.9 Å². The molecule has 0 aromatic carbocycles. The Morgan fingerprint density at radius 1 is 1.30 bits per heavy atom. The first-order valence-electron chi connectivity index (χ1n) is 6.54. The van der Waals surface area contributed by atoms with E-state index in [9.17, 15) is 0 Å². The summed E-state index contributed by atoms with van der Waals surface area (Å²) in [5.41, 5.74) is 1.57. The van der Waals surface area contributed by atoms with Crippen LogP contribution in [0.25, 0.3) is 11.0 Å². The van der Waals surface area contributed by atoms with Crippen LogP contribution in [0.3, 0.4) is 0 Å². The van der Waals surface area contributed by atoms with Crippen LogP contribution in [0, 0.1) is 6.92 Å². The van der Waals surface area contributed by atoms with Gasteiger partial charge >= 0.3 is 0 Å². The highest BCUT2D eigenvalue weighted by Gasteiger charge is 2.18. The third kappa shape index (κ3) is 3.32. The van der Waals surface area contributed by atoms with Crippen molar-refractivity contribution in [1.82, 2.24) is 14.7 Å². The number of methoxy groups -OCH3 is 1. The molecule has 0 aliphatic carbocycles. The molecule has 0 amide bonds. The van der Waals surface area contributed by atoms with E-state index in [4.69, 9.17) is 9.57 Å². The lowest BCUT2D eigenvalue weighted by atomic mass is 10.4. The van der Waals surface area contributed by atoms with Crippen molar-refractivity contribution in [3.05, 3.63) is 16.5 Å². The van der Waals surface area contributed by atoms with Crippen molar-refractivity contribution in [2.75, 3.05) is 13.7 Å². The molecule has 7 heteroatoms. The van der Waals surface area contributed by atoms with E-state index in [1.165, 1.54) is 0 Å². The summed E-state index contributed by atoms with van der Waals surface area (Å²) in [5.74, 6) is 1.21. The minimum Gasteiger partial charge on any atom is -0.479 e. The van der Waals surface area contributed by atoms with Crippen LogP contribution in [0.15, 0.2) is 10.7 Å². The van der Waals surface area contributed by atoms with E-state index >= 15 is 0 Å². The molecular weight excluding hydrogens is 338 g/mol. The Morgan fingerprint density at radius 2 is 2.00 bits per heavy atom. The summed E-state index contributed by atoms with van der Waals surface area (Å²) in [6.07, 6.45) is 1.87. The number of hydrogen-bond acceptors (Lipinski definition) is 4. The van der Waals surface area contributed by atoms with E-state index in [0.717, 1.165) is 21.6 Å². The van der Waals surface area contributed by atoms with Gasteiger partial charge in [0.25, 0.3) is 0 Å². The Hall–Kier alpha value is -1.08. The van der Waals surface area contributed by atoms with Crippen molar-refractivity contribution in [1.29, 1.82) is 0 Å². The molecule has 0 bridgehead atoms. The van der Waals surface area contributed by atoms with Crippen LogP contribution in [0.2, 0.25) is 25.7 Å². The zero-order chi connectivity index (χ0) is 14.9. The minimum atomic E-state index is -1.12. The summed E-state index contributed by atoms with van der Waals surface area (Å²) in [6, 6.07) is 1.10. The third-order valence-electron chi connectivity index (χ3n) is 2.92. The Labute approximate surface area is 128 Å². The van der Waals surface area contributed by atoms with Crippen LogP contribution in [0.4, 0.5) is 0 Å². The lowest BCUT2D eigenvalue weighted by molar-refractivity contribution is 0.130. The number of nitrogens with zero attached hydrogens (tertiary/aromatic N) is 3. The average Bonchev–Trinajstić information content (AvgIpc) is 2.64. The van der Waals surface area contributed by atoms with Crippen molar-refractivity contribution in [2.45, 2.75) is 32.6 Å². The molecule has 0 saturated heterocycles. The number of fused-ring (bicyclic) bond motifs is 1. The summed E-state index contributed by atoms with van der Waals surface area (Å²) < 4.78 is 7.93. The molecule has 0 spiro atoms. The van der Waals surface area contributed by atoms with Gasteiger partial charge in [0.2, 0.25) is 5.88 Å². The lowest BCUT2D eigenvalue weighted by Crippen LogP contribution is -2.25. The number of aromatic nitrogens is 3. The van der Waals surface area contributed by atoms with Crippen LogP contribution < -0.4 is 9.57 Å². The zero-order valence-electron chi connectivity index (χ0n) is 12.5. The number of hydrogen-bond donors (Lipinski definition) is 0. The van der Waals surface area contributed by atoms with Crippen molar-refractivity contribution in [3.63, 3.8) is 0 Å². The normalized spacial score (nSPS) is 11.9. The summed E-state index contributed by atoms with van der Waals surface area (Å²) in [7, 11) is 0.491. The number of halogens is 1. The first kappa shape index (κ1) is 15.3. The predicted molar refractivity (Wildman–Crippen MR) is 86.1 cm³/mol. The molecule has 2 heterocycles. The molecule has 2 rings (SSSR count). The van der Waals surface area contributed by atoms with Gasteiger partial charge in [0.05, 0.1) is 17.8 Å². The van der Waals surface area contributed by atoms with Gasteiger partial charge < -0.3 is 9.57 Å². The van der Waals surface area contributed by atoms with E-state index in [0.29, 0.717) is 18.3 Å². The van der Waals surface area contributed by atoms with E-state index in [2.05, 4.69) is 45.5 Å². The van der Waals surface area contributed by atoms with Crippen LogP contribution >= 0.6 is 15.9 Å². The fourth-order valence-corrected chi connectivity index (χ4v) is 3.00. The second kappa shape index (κ2) is 5.73. The molecule has 0 saturated carbocycles. The van der Waals surface area contributed by atoms with Gasteiger partial charge in [0.1, 0.15) is 17.9 Å². The van der Waals surface area contributed by atoms with Gasteiger partial charge in [-0.3, -0.25) is 0 Å². The maximum Gasteiger partial charge on any atom is 0.245 e. The van der Waals surface area contributed by atoms with E-state index in [-0.39, 0.29) is 0 Å². The molecule has 20 heavy (non-hydrogen) atoms. The van der Waals surface area contributed by atoms with Crippen molar-refractivity contribution in [2.24, 2.45) is 0 Å². The van der Waals surface area contributed by atoms with Gasteiger partial charge in [-0.15, -0.1) is 0 Å². The Bertz CT molecular complexity index is 622. The Morgan fingerprint density at radius 3 is 2.60 bits per heavy atom. The van der Waals surface area contributed by atoms with Crippen LogP contribution in [-0.4, -0.2) is 36.5 Å². The van der Waals surface area contributed by atoms with Crippen molar-refractivity contribution in [3.8, 4) is 5.88 Å². The first-order valence-corrected chi connectivity index (χ1v) is 11.0. The number of rotatable bonds is 5. The summed E-state index contributed by atoms with van der Waals surface area (Å²) >= 11 is 3.51. The quantitative estimate of drug-likeness (QED) is 0.770. The highest BCUT2D eigenvalue weighted by Crippen LogP contribution is 2.29. The largest absolute Gasteiger partial charge is 0.479 e. The highest BCUT2D eigenvalue weighted by atomic mass is 79.9. The van der Waals surface area contributed by atoms with Crippen molar-refractivity contribution >= 4 is 35.0 Å². The molecule has 0 N–H and O–H groups in total. The topological polar surface area (TPSA) is 49.2 Å². The molecule has 2 aromatic rings. The smallest absolute Gasteiger partial charge is 0.245 e. The SMILES string of the molecule is COc1nc(C)nc2c(Br)cn(OCC[Si](C)(C)C)c12. The van der Waals surface area contributed by atoms with Gasteiger partial charge in [-0.1, -0.05) is 19.6 Å². The second-order valence-corrected chi connectivity index (χ2v) is 12.4. The highest BCUT2D eigenvalue weighted by molar-refractivity contribution is 9.10. The molecule has 5 nitrogen and oxygen atoms in total. The fraction of sp³-hybridized carbons (Fsp3) is 0.538. The fourth-order valence-electron chi connectivity index (χ4n) is 1.83. The second-order valence-electron chi connectivity index (χ2n) is 5.92. The molecule has 0 unspecified atom stereocenters. The molecule has 2 aromatic heterocycles. The third-order valence-corrected chi connectivity index (χ3v) is 5.20. The van der Waals surface area contributed by atoms with Crippen LogP contribution in [0.1, 0.15) is 5.82 Å². The maximum atomic E-state index is 5.86. The number of ether oxygens (including phenoxy) is 1. The molecule has 0 fully saturated rings. The standard InChI is InChI=1S/C13H20BrN3O2Si/c1-9-15-11-10(14)8-17(12(11)13(16-9)18-2)19-6-7-20(3,4)5/h8H,6-7H2,1-5H3. The summed E-state index contributed by atoms with van der Waals surface area (Å²) in [4.78, 5) is 14.6. The molecule has 0 atom stereocenters. The minimum absolute atomic E-state index is 0.534. The zero-order valence-corrected chi connectivity index (χ0v) is 15.1.